The van der Waals surface area contributed by atoms with Crippen molar-refractivity contribution in [1.29, 1.82) is 0 Å². The molecule has 2 aromatic rings. The minimum Gasteiger partial charge on any atom is -0.307 e. The third kappa shape index (κ3) is 3.60. The average Bonchev–Trinajstić information content (AvgIpc) is 2.93. The van der Waals surface area contributed by atoms with Crippen LogP contribution in [0.4, 0.5) is 11.4 Å². The Morgan fingerprint density at radius 2 is 1.69 bits per heavy atom. The van der Waals surface area contributed by atoms with Gasteiger partial charge in [-0.1, -0.05) is 51.1 Å². The highest BCUT2D eigenvalue weighted by Crippen LogP contribution is 2.46. The van der Waals surface area contributed by atoms with Gasteiger partial charge in [0.15, 0.2) is 0 Å². The molecule has 0 bridgehead atoms. The predicted octanol–water partition coefficient (Wildman–Crippen LogP) is 3.85. The first-order valence-corrected chi connectivity index (χ1v) is 10.4. The van der Waals surface area contributed by atoms with Gasteiger partial charge in [0.25, 0.3) is 5.91 Å². The van der Waals surface area contributed by atoms with Gasteiger partial charge in [0.1, 0.15) is 0 Å². The van der Waals surface area contributed by atoms with E-state index in [9.17, 15) is 13.2 Å². The van der Waals surface area contributed by atoms with Gasteiger partial charge in [-0.2, -0.15) is 0 Å². The van der Waals surface area contributed by atoms with E-state index in [2.05, 4.69) is 31.6 Å². The van der Waals surface area contributed by atoms with Crippen LogP contribution in [0.2, 0.25) is 0 Å². The molecule has 2 aromatic carbocycles. The van der Waals surface area contributed by atoms with Crippen LogP contribution in [0.5, 0.6) is 0 Å². The smallest absolute Gasteiger partial charge is 0.260 e. The maximum absolute atomic E-state index is 13.3. The maximum Gasteiger partial charge on any atom is 0.260 e. The van der Waals surface area contributed by atoms with E-state index in [1.165, 1.54) is 0 Å². The SMILES string of the molecule is CC(C)(C)C1CN(C(=O)c2ccccc2NS(C)(=O)=O)c2ccccc21. The van der Waals surface area contributed by atoms with Crippen molar-refractivity contribution in [2.24, 2.45) is 5.41 Å². The first kappa shape index (κ1) is 18.5. The molecule has 0 fully saturated rings. The van der Waals surface area contributed by atoms with Gasteiger partial charge in [0, 0.05) is 18.2 Å². The zero-order valence-electron chi connectivity index (χ0n) is 15.5. The van der Waals surface area contributed by atoms with Gasteiger partial charge in [0.2, 0.25) is 10.0 Å². The minimum atomic E-state index is -3.47. The summed E-state index contributed by atoms with van der Waals surface area (Å²) in [6, 6.07) is 14.6. The van der Waals surface area contributed by atoms with Gasteiger partial charge in [-0.3, -0.25) is 9.52 Å². The van der Waals surface area contributed by atoms with Crippen molar-refractivity contribution in [2.75, 3.05) is 22.4 Å². The van der Waals surface area contributed by atoms with E-state index in [-0.39, 0.29) is 17.2 Å². The molecule has 3 rings (SSSR count). The highest BCUT2D eigenvalue weighted by atomic mass is 32.2. The monoisotopic (exact) mass is 372 g/mol. The molecule has 1 atom stereocenters. The molecule has 0 aliphatic carbocycles. The Balaban J connectivity index is 2.02. The third-order valence-corrected chi connectivity index (χ3v) is 5.30. The molecule has 1 aliphatic rings. The fourth-order valence-electron chi connectivity index (χ4n) is 3.44. The highest BCUT2D eigenvalue weighted by Gasteiger charge is 2.39. The quantitative estimate of drug-likeness (QED) is 0.890. The van der Waals surface area contributed by atoms with Crippen molar-refractivity contribution in [3.8, 4) is 0 Å². The Morgan fingerprint density at radius 3 is 2.35 bits per heavy atom. The molecule has 6 heteroatoms. The molecule has 0 spiro atoms. The number of nitrogens with zero attached hydrogens (tertiary/aromatic N) is 1. The van der Waals surface area contributed by atoms with Crippen LogP contribution in [-0.4, -0.2) is 27.1 Å². The number of para-hydroxylation sites is 2. The molecule has 1 aliphatic heterocycles. The van der Waals surface area contributed by atoms with Gasteiger partial charge < -0.3 is 4.90 Å². The van der Waals surface area contributed by atoms with E-state index in [1.807, 2.05) is 18.2 Å². The van der Waals surface area contributed by atoms with E-state index < -0.39 is 10.0 Å². The lowest BCUT2D eigenvalue weighted by Gasteiger charge is -2.28. The number of carbonyl (C=O) groups excluding carboxylic acids is 1. The van der Waals surface area contributed by atoms with Crippen molar-refractivity contribution in [2.45, 2.75) is 26.7 Å². The normalized spacial score (nSPS) is 17.1. The zero-order chi connectivity index (χ0) is 19.1. The van der Waals surface area contributed by atoms with Crippen LogP contribution in [-0.2, 0) is 10.0 Å². The van der Waals surface area contributed by atoms with Crippen molar-refractivity contribution in [3.05, 3.63) is 59.7 Å². The summed E-state index contributed by atoms with van der Waals surface area (Å²) in [5.41, 5.74) is 2.71. The van der Waals surface area contributed by atoms with E-state index in [4.69, 9.17) is 0 Å². The Bertz CT molecular complexity index is 946. The lowest BCUT2D eigenvalue weighted by molar-refractivity contribution is 0.0986. The second-order valence-corrected chi connectivity index (χ2v) is 9.56. The number of fused-ring (bicyclic) bond motifs is 1. The van der Waals surface area contributed by atoms with Crippen molar-refractivity contribution >= 4 is 27.3 Å². The third-order valence-electron chi connectivity index (χ3n) is 4.71. The largest absolute Gasteiger partial charge is 0.307 e. The summed E-state index contributed by atoms with van der Waals surface area (Å²) in [7, 11) is -3.47. The number of hydrogen-bond acceptors (Lipinski definition) is 3. The summed E-state index contributed by atoms with van der Waals surface area (Å²) >= 11 is 0. The second kappa shape index (κ2) is 6.43. The Kier molecular flexibility index (Phi) is 4.56. The summed E-state index contributed by atoms with van der Waals surface area (Å²) < 4.78 is 25.7. The first-order valence-electron chi connectivity index (χ1n) is 8.55. The van der Waals surface area contributed by atoms with Gasteiger partial charge in [-0.05, 0) is 29.2 Å². The summed E-state index contributed by atoms with van der Waals surface area (Å²) in [6.45, 7) is 7.08. The molecular weight excluding hydrogens is 348 g/mol. The van der Waals surface area contributed by atoms with Crippen LogP contribution < -0.4 is 9.62 Å². The number of amides is 1. The molecule has 138 valence electrons. The zero-order valence-corrected chi connectivity index (χ0v) is 16.3. The molecule has 1 unspecified atom stereocenters. The predicted molar refractivity (Wildman–Crippen MR) is 105 cm³/mol. The molecule has 1 amide bonds. The van der Waals surface area contributed by atoms with Crippen molar-refractivity contribution in [1.82, 2.24) is 0 Å². The first-order chi connectivity index (χ1) is 12.1. The number of nitrogens with one attached hydrogen (secondary N) is 1. The van der Waals surface area contributed by atoms with Crippen LogP contribution in [0.15, 0.2) is 48.5 Å². The van der Waals surface area contributed by atoms with Crippen LogP contribution in [0, 0.1) is 5.41 Å². The van der Waals surface area contributed by atoms with Crippen LogP contribution >= 0.6 is 0 Å². The Hall–Kier alpha value is -2.34. The maximum atomic E-state index is 13.3. The fraction of sp³-hybridized carbons (Fsp3) is 0.350. The van der Waals surface area contributed by atoms with Crippen molar-refractivity contribution in [3.63, 3.8) is 0 Å². The Labute approximate surface area is 155 Å². The van der Waals surface area contributed by atoms with Crippen molar-refractivity contribution < 1.29 is 13.2 Å². The van der Waals surface area contributed by atoms with E-state index in [0.717, 1.165) is 17.5 Å². The molecule has 0 aromatic heterocycles. The molecule has 1 N–H and O–H groups in total. The molecule has 0 saturated carbocycles. The summed E-state index contributed by atoms with van der Waals surface area (Å²) in [6.07, 6.45) is 1.08. The minimum absolute atomic E-state index is 0.00958. The lowest BCUT2D eigenvalue weighted by Crippen LogP contribution is -2.33. The molecule has 26 heavy (non-hydrogen) atoms. The summed E-state index contributed by atoms with van der Waals surface area (Å²) in [5.74, 6) is 0.0219. The highest BCUT2D eigenvalue weighted by molar-refractivity contribution is 7.92. The topological polar surface area (TPSA) is 66.5 Å². The number of carbonyl (C=O) groups is 1. The molecule has 0 radical (unpaired) electrons. The standard InChI is InChI=1S/C20H24N2O3S/c1-20(2,3)16-13-22(18-12-8-6-9-14(16)18)19(23)15-10-5-7-11-17(15)21-26(4,24)25/h5-12,16,21H,13H2,1-4H3. The molecule has 0 saturated heterocycles. The van der Waals surface area contributed by atoms with Crippen LogP contribution in [0.1, 0.15) is 42.6 Å². The van der Waals surface area contributed by atoms with E-state index in [0.29, 0.717) is 17.8 Å². The number of sulfonamides is 1. The fourth-order valence-corrected chi connectivity index (χ4v) is 4.02. The lowest BCUT2D eigenvalue weighted by atomic mass is 9.78. The summed E-state index contributed by atoms with van der Waals surface area (Å²) in [5, 5.41) is 0. The van der Waals surface area contributed by atoms with E-state index >= 15 is 0 Å². The number of hydrogen-bond donors (Lipinski definition) is 1. The second-order valence-electron chi connectivity index (χ2n) is 7.81. The van der Waals surface area contributed by atoms with E-state index in [1.54, 1.807) is 29.2 Å². The molecule has 5 nitrogen and oxygen atoms in total. The average molecular weight is 372 g/mol. The van der Waals surface area contributed by atoms with Gasteiger partial charge in [-0.25, -0.2) is 8.42 Å². The summed E-state index contributed by atoms with van der Waals surface area (Å²) in [4.78, 5) is 15.0. The molecular formula is C20H24N2O3S. The van der Waals surface area contributed by atoms with Crippen LogP contribution in [0.25, 0.3) is 0 Å². The van der Waals surface area contributed by atoms with Crippen LogP contribution in [0.3, 0.4) is 0 Å². The number of rotatable bonds is 3. The van der Waals surface area contributed by atoms with Gasteiger partial charge in [0.05, 0.1) is 17.5 Å². The molecule has 1 heterocycles. The van der Waals surface area contributed by atoms with Gasteiger partial charge >= 0.3 is 0 Å². The number of anilines is 2. The number of benzene rings is 2. The van der Waals surface area contributed by atoms with Gasteiger partial charge in [-0.15, -0.1) is 0 Å². The Morgan fingerprint density at radius 1 is 1.08 bits per heavy atom.